The third kappa shape index (κ3) is 4.43. The molecule has 1 N–H and O–H groups in total. The van der Waals surface area contributed by atoms with E-state index in [0.29, 0.717) is 31.8 Å². The highest BCUT2D eigenvalue weighted by atomic mass is 16.5. The highest BCUT2D eigenvalue weighted by Crippen LogP contribution is 2.11. The number of hydrogen-bond donors (Lipinski definition) is 1. The third-order valence-corrected chi connectivity index (χ3v) is 4.17. The van der Waals surface area contributed by atoms with Crippen LogP contribution in [0.25, 0.3) is 5.65 Å². The minimum Gasteiger partial charge on any atom is -0.379 e. The lowest BCUT2D eigenvalue weighted by Gasteiger charge is -2.10. The standard InChI is InChI=1S/C18H23N3O4/c1-13-5-6-16-20-10-15(18(23)21(16)11-13)17(22)19-7-3-8-24-12-14-4-2-9-25-14/h5-6,10-11,14H,2-4,7-9,12H2,1H3,(H,19,22). The van der Waals surface area contributed by atoms with E-state index in [-0.39, 0.29) is 17.2 Å². The van der Waals surface area contributed by atoms with Crippen molar-refractivity contribution in [3.63, 3.8) is 0 Å². The molecular weight excluding hydrogens is 322 g/mol. The normalized spacial score (nSPS) is 17.1. The molecule has 25 heavy (non-hydrogen) atoms. The predicted octanol–water partition coefficient (Wildman–Crippen LogP) is 1.32. The van der Waals surface area contributed by atoms with Crippen LogP contribution in [0.4, 0.5) is 0 Å². The Morgan fingerprint density at radius 2 is 2.36 bits per heavy atom. The Bertz CT molecular complexity index is 796. The Labute approximate surface area is 146 Å². The monoisotopic (exact) mass is 345 g/mol. The molecule has 0 aromatic carbocycles. The molecule has 1 aliphatic rings. The van der Waals surface area contributed by atoms with Gasteiger partial charge >= 0.3 is 0 Å². The molecule has 0 radical (unpaired) electrons. The number of pyridine rings is 1. The number of aryl methyl sites for hydroxylation is 1. The maximum atomic E-state index is 12.4. The molecular formula is C18H23N3O4. The first-order valence-corrected chi connectivity index (χ1v) is 8.61. The van der Waals surface area contributed by atoms with Crippen molar-refractivity contribution in [2.75, 3.05) is 26.4 Å². The molecule has 1 aliphatic heterocycles. The molecule has 1 fully saturated rings. The molecule has 1 atom stereocenters. The van der Waals surface area contributed by atoms with Crippen molar-refractivity contribution in [2.45, 2.75) is 32.3 Å². The summed E-state index contributed by atoms with van der Waals surface area (Å²) in [5.74, 6) is -0.410. The number of hydrogen-bond acceptors (Lipinski definition) is 5. The van der Waals surface area contributed by atoms with Gasteiger partial charge in [-0.25, -0.2) is 4.98 Å². The van der Waals surface area contributed by atoms with Gasteiger partial charge in [-0.3, -0.25) is 14.0 Å². The zero-order chi connectivity index (χ0) is 17.6. The molecule has 1 saturated heterocycles. The maximum absolute atomic E-state index is 12.4. The van der Waals surface area contributed by atoms with Gasteiger partial charge in [-0.15, -0.1) is 0 Å². The zero-order valence-corrected chi connectivity index (χ0v) is 14.4. The molecule has 0 aliphatic carbocycles. The average Bonchev–Trinajstić information content (AvgIpc) is 3.12. The maximum Gasteiger partial charge on any atom is 0.270 e. The van der Waals surface area contributed by atoms with Gasteiger partial charge in [-0.05, 0) is 37.8 Å². The number of amides is 1. The smallest absolute Gasteiger partial charge is 0.270 e. The van der Waals surface area contributed by atoms with E-state index in [1.807, 2.05) is 13.0 Å². The summed E-state index contributed by atoms with van der Waals surface area (Å²) in [6.45, 7) is 4.30. The molecule has 7 nitrogen and oxygen atoms in total. The van der Waals surface area contributed by atoms with Crippen LogP contribution in [0.15, 0.2) is 29.3 Å². The fourth-order valence-electron chi connectivity index (χ4n) is 2.80. The van der Waals surface area contributed by atoms with Gasteiger partial charge in [0.05, 0.1) is 12.7 Å². The van der Waals surface area contributed by atoms with Crippen molar-refractivity contribution >= 4 is 11.6 Å². The van der Waals surface area contributed by atoms with Crippen molar-refractivity contribution in [3.05, 3.63) is 46.0 Å². The highest BCUT2D eigenvalue weighted by Gasteiger charge is 2.15. The Balaban J connectivity index is 1.48. The molecule has 3 rings (SSSR count). The Hall–Kier alpha value is -2.25. The molecule has 1 unspecified atom stereocenters. The van der Waals surface area contributed by atoms with Gasteiger partial charge < -0.3 is 14.8 Å². The fourth-order valence-corrected chi connectivity index (χ4v) is 2.80. The van der Waals surface area contributed by atoms with Gasteiger partial charge in [-0.1, -0.05) is 6.07 Å². The first-order chi connectivity index (χ1) is 12.1. The van der Waals surface area contributed by atoms with E-state index in [2.05, 4.69) is 10.3 Å². The summed E-state index contributed by atoms with van der Waals surface area (Å²) in [6.07, 6.45) is 6.05. The van der Waals surface area contributed by atoms with Crippen molar-refractivity contribution in [2.24, 2.45) is 0 Å². The van der Waals surface area contributed by atoms with Crippen LogP contribution in [-0.2, 0) is 9.47 Å². The molecule has 2 aromatic rings. The van der Waals surface area contributed by atoms with Gasteiger partial charge in [0.25, 0.3) is 11.5 Å². The second-order valence-electron chi connectivity index (χ2n) is 6.23. The number of aromatic nitrogens is 2. The van der Waals surface area contributed by atoms with Gasteiger partial charge in [0.15, 0.2) is 0 Å². The van der Waals surface area contributed by atoms with Crippen LogP contribution in [0.1, 0.15) is 35.2 Å². The van der Waals surface area contributed by atoms with Crippen molar-refractivity contribution in [1.82, 2.24) is 14.7 Å². The number of rotatable bonds is 7. The second kappa shape index (κ2) is 8.22. The largest absolute Gasteiger partial charge is 0.379 e. The third-order valence-electron chi connectivity index (χ3n) is 4.17. The van der Waals surface area contributed by atoms with Crippen LogP contribution in [0, 0.1) is 6.92 Å². The number of nitrogens with zero attached hydrogens (tertiary/aromatic N) is 2. The lowest BCUT2D eigenvalue weighted by molar-refractivity contribution is 0.0166. The summed E-state index contributed by atoms with van der Waals surface area (Å²) in [6, 6.07) is 3.63. The van der Waals surface area contributed by atoms with Gasteiger partial charge in [0.2, 0.25) is 0 Å². The number of carbonyl (C=O) groups is 1. The molecule has 3 heterocycles. The van der Waals surface area contributed by atoms with Gasteiger partial charge in [0, 0.05) is 32.2 Å². The van der Waals surface area contributed by atoms with Crippen LogP contribution in [0.3, 0.4) is 0 Å². The quantitative estimate of drug-likeness (QED) is 0.766. The summed E-state index contributed by atoms with van der Waals surface area (Å²) in [5, 5.41) is 2.74. The van der Waals surface area contributed by atoms with E-state index >= 15 is 0 Å². The zero-order valence-electron chi connectivity index (χ0n) is 14.4. The van der Waals surface area contributed by atoms with E-state index < -0.39 is 5.91 Å². The first-order valence-electron chi connectivity index (χ1n) is 8.61. The molecule has 0 saturated carbocycles. The second-order valence-corrected chi connectivity index (χ2v) is 6.23. The van der Waals surface area contributed by atoms with E-state index in [0.717, 1.165) is 25.0 Å². The summed E-state index contributed by atoms with van der Waals surface area (Å²) in [5.41, 5.74) is 1.14. The molecule has 7 heteroatoms. The Kier molecular flexibility index (Phi) is 5.78. The van der Waals surface area contributed by atoms with Crippen LogP contribution in [0.2, 0.25) is 0 Å². The molecule has 2 aromatic heterocycles. The summed E-state index contributed by atoms with van der Waals surface area (Å²) < 4.78 is 12.4. The SMILES string of the molecule is Cc1ccc2ncc(C(=O)NCCCOCC3CCCO3)c(=O)n2c1. The van der Waals surface area contributed by atoms with E-state index in [4.69, 9.17) is 9.47 Å². The first kappa shape index (κ1) is 17.6. The van der Waals surface area contributed by atoms with Crippen molar-refractivity contribution in [3.8, 4) is 0 Å². The van der Waals surface area contributed by atoms with E-state index in [1.165, 1.54) is 10.6 Å². The number of ether oxygens (including phenoxy) is 2. The molecule has 1 amide bonds. The Morgan fingerprint density at radius 3 is 3.16 bits per heavy atom. The minimum absolute atomic E-state index is 0.0448. The van der Waals surface area contributed by atoms with E-state index in [1.54, 1.807) is 12.3 Å². The van der Waals surface area contributed by atoms with Crippen LogP contribution in [-0.4, -0.2) is 47.8 Å². The van der Waals surface area contributed by atoms with Crippen LogP contribution < -0.4 is 10.9 Å². The lowest BCUT2D eigenvalue weighted by Crippen LogP contribution is -2.32. The summed E-state index contributed by atoms with van der Waals surface area (Å²) >= 11 is 0. The predicted molar refractivity (Wildman–Crippen MR) is 92.9 cm³/mol. The summed E-state index contributed by atoms with van der Waals surface area (Å²) in [4.78, 5) is 28.8. The van der Waals surface area contributed by atoms with Gasteiger partial charge in [0.1, 0.15) is 11.2 Å². The van der Waals surface area contributed by atoms with Crippen LogP contribution in [0.5, 0.6) is 0 Å². The average molecular weight is 345 g/mol. The molecule has 0 spiro atoms. The van der Waals surface area contributed by atoms with Gasteiger partial charge in [-0.2, -0.15) is 0 Å². The van der Waals surface area contributed by atoms with Crippen molar-refractivity contribution in [1.29, 1.82) is 0 Å². The van der Waals surface area contributed by atoms with Crippen molar-refractivity contribution < 1.29 is 14.3 Å². The minimum atomic E-state index is -0.410. The van der Waals surface area contributed by atoms with Crippen LogP contribution >= 0.6 is 0 Å². The van der Waals surface area contributed by atoms with E-state index in [9.17, 15) is 9.59 Å². The number of nitrogens with one attached hydrogen (secondary N) is 1. The lowest BCUT2D eigenvalue weighted by atomic mass is 10.2. The number of fused-ring (bicyclic) bond motifs is 1. The topological polar surface area (TPSA) is 81.9 Å². The fraction of sp³-hybridized carbons (Fsp3) is 0.500. The molecule has 134 valence electrons. The highest BCUT2D eigenvalue weighted by molar-refractivity contribution is 5.93. The summed E-state index contributed by atoms with van der Waals surface area (Å²) in [7, 11) is 0. The Morgan fingerprint density at radius 1 is 1.48 bits per heavy atom. The number of carbonyl (C=O) groups excluding carboxylic acids is 1. The molecule has 0 bridgehead atoms.